The van der Waals surface area contributed by atoms with E-state index in [0.29, 0.717) is 23.7 Å². The highest BCUT2D eigenvalue weighted by Crippen LogP contribution is 2.58. The summed E-state index contributed by atoms with van der Waals surface area (Å²) in [4.78, 5) is 13.9. The van der Waals surface area contributed by atoms with E-state index in [-0.39, 0.29) is 7.98 Å². The third kappa shape index (κ3) is 2.77. The molecular formula is C15H14Br2ClNO2S. The van der Waals surface area contributed by atoms with Crippen molar-refractivity contribution in [1.29, 1.82) is 0 Å². The molecule has 1 aromatic rings. The van der Waals surface area contributed by atoms with Crippen LogP contribution in [0, 0.1) is 0 Å². The molecule has 0 spiro atoms. The fourth-order valence-corrected chi connectivity index (χ4v) is 6.13. The summed E-state index contributed by atoms with van der Waals surface area (Å²) >= 11 is 15.6. The molecule has 118 valence electrons. The molecule has 0 radical (unpaired) electrons. The predicted molar refractivity (Wildman–Crippen MR) is 98.1 cm³/mol. The Morgan fingerprint density at radius 3 is 2.82 bits per heavy atom. The molecule has 2 aliphatic rings. The molecule has 1 aromatic carbocycles. The van der Waals surface area contributed by atoms with Crippen molar-refractivity contribution in [2.75, 3.05) is 13.1 Å². The van der Waals surface area contributed by atoms with Gasteiger partial charge in [0.25, 0.3) is 0 Å². The second-order valence-corrected chi connectivity index (χ2v) is 10.4. The van der Waals surface area contributed by atoms with Gasteiger partial charge in [0.1, 0.15) is 6.04 Å². The molecule has 2 heterocycles. The topological polar surface area (TPSA) is 40.5 Å². The maximum Gasteiger partial charge on any atom is 0.325 e. The number of alkyl halides is 2. The summed E-state index contributed by atoms with van der Waals surface area (Å²) in [6.07, 6.45) is 2.94. The number of hydrogen-bond donors (Lipinski definition) is 1. The molecule has 22 heavy (non-hydrogen) atoms. The first-order valence-electron chi connectivity index (χ1n) is 6.81. The molecule has 1 saturated heterocycles. The average molecular weight is 468 g/mol. The Bertz CT molecular complexity index is 644. The summed E-state index contributed by atoms with van der Waals surface area (Å²) in [5.74, 6) is -0.874. The van der Waals surface area contributed by atoms with Gasteiger partial charge in [0.15, 0.2) is 0 Å². The number of halogens is 3. The van der Waals surface area contributed by atoms with Crippen molar-refractivity contribution in [3.05, 3.63) is 46.3 Å². The Balaban J connectivity index is 1.93. The fourth-order valence-electron chi connectivity index (χ4n) is 2.97. The fraction of sp³-hybridized carbons (Fsp3) is 0.400. The van der Waals surface area contributed by atoms with Crippen LogP contribution in [0.15, 0.2) is 35.7 Å². The van der Waals surface area contributed by atoms with Crippen LogP contribution in [0.25, 0.3) is 0 Å². The number of rotatable bonds is 3. The highest BCUT2D eigenvalue weighted by atomic mass is 79.9. The Kier molecular flexibility index (Phi) is 4.69. The van der Waals surface area contributed by atoms with E-state index >= 15 is 0 Å². The summed E-state index contributed by atoms with van der Waals surface area (Å²) in [7, 11) is 0. The zero-order valence-electron chi connectivity index (χ0n) is 11.5. The normalized spacial score (nSPS) is 32.7. The highest BCUT2D eigenvalue weighted by Gasteiger charge is 2.54. The number of benzene rings is 1. The van der Waals surface area contributed by atoms with Crippen molar-refractivity contribution in [2.45, 2.75) is 20.4 Å². The smallest absolute Gasteiger partial charge is 0.325 e. The molecular weight excluding hydrogens is 453 g/mol. The van der Waals surface area contributed by atoms with Crippen molar-refractivity contribution in [3.8, 4) is 0 Å². The maximum absolute atomic E-state index is 11.9. The van der Waals surface area contributed by atoms with Gasteiger partial charge in [0, 0.05) is 18.1 Å². The predicted octanol–water partition coefficient (Wildman–Crippen LogP) is 4.66. The van der Waals surface area contributed by atoms with Gasteiger partial charge in [0.05, 0.1) is 7.98 Å². The van der Waals surface area contributed by atoms with E-state index < -0.39 is 12.0 Å². The number of nitrogens with zero attached hydrogens (tertiary/aromatic N) is 1. The van der Waals surface area contributed by atoms with Crippen LogP contribution in [0.3, 0.4) is 0 Å². The van der Waals surface area contributed by atoms with Gasteiger partial charge in [-0.2, -0.15) is 0 Å². The zero-order valence-corrected chi connectivity index (χ0v) is 16.3. The average Bonchev–Trinajstić information content (AvgIpc) is 2.76. The largest absolute Gasteiger partial charge is 0.480 e. The molecule has 1 N–H and O–H groups in total. The molecule has 0 aliphatic carbocycles. The van der Waals surface area contributed by atoms with Crippen LogP contribution in [0.4, 0.5) is 0 Å². The second kappa shape index (κ2) is 6.13. The van der Waals surface area contributed by atoms with E-state index in [1.54, 1.807) is 23.9 Å². The summed E-state index contributed by atoms with van der Waals surface area (Å²) < 4.78 is -0.391. The number of thioether (sulfide) groups is 1. The quantitative estimate of drug-likeness (QED) is 0.657. The van der Waals surface area contributed by atoms with E-state index in [1.165, 1.54) is 0 Å². The molecule has 2 aliphatic heterocycles. The van der Waals surface area contributed by atoms with E-state index in [2.05, 4.69) is 43.3 Å². The number of carbonyl (C=O) groups is 1. The van der Waals surface area contributed by atoms with Crippen LogP contribution in [0.5, 0.6) is 0 Å². The van der Waals surface area contributed by atoms with Gasteiger partial charge in [0.2, 0.25) is 0 Å². The molecule has 3 nitrogen and oxygen atoms in total. The van der Waals surface area contributed by atoms with Crippen molar-refractivity contribution in [2.24, 2.45) is 0 Å². The van der Waals surface area contributed by atoms with Gasteiger partial charge in [-0.25, -0.2) is 0 Å². The zero-order chi connectivity index (χ0) is 16.0. The minimum absolute atomic E-state index is 0.111. The lowest BCUT2D eigenvalue weighted by atomic mass is 9.94. The van der Waals surface area contributed by atoms with Crippen molar-refractivity contribution in [3.63, 3.8) is 0 Å². The van der Waals surface area contributed by atoms with E-state index in [1.807, 2.05) is 17.0 Å². The minimum Gasteiger partial charge on any atom is -0.480 e. The molecule has 1 fully saturated rings. The molecule has 0 bridgehead atoms. The number of carboxylic acid groups (broad SMARTS) is 1. The summed E-state index contributed by atoms with van der Waals surface area (Å²) in [5.41, 5.74) is 0.643. The van der Waals surface area contributed by atoms with Gasteiger partial charge in [-0.05, 0) is 23.5 Å². The lowest BCUT2D eigenvalue weighted by molar-refractivity contribution is -0.144. The van der Waals surface area contributed by atoms with E-state index in [9.17, 15) is 9.90 Å². The summed E-state index contributed by atoms with van der Waals surface area (Å²) in [6.45, 7) is 1.29. The molecule has 0 saturated carbocycles. The third-order valence-electron chi connectivity index (χ3n) is 4.16. The van der Waals surface area contributed by atoms with Gasteiger partial charge >= 0.3 is 5.97 Å². The SMILES string of the molecule is O=C(O)[C@H](c1ccccc1Cl)N1CCC2(Br)SC=CC2(Br)C1. The van der Waals surface area contributed by atoms with Crippen LogP contribution in [-0.2, 0) is 4.79 Å². The van der Waals surface area contributed by atoms with Gasteiger partial charge in [-0.3, -0.25) is 9.69 Å². The molecule has 3 rings (SSSR count). The lowest BCUT2D eigenvalue weighted by Crippen LogP contribution is -2.55. The van der Waals surface area contributed by atoms with Crippen molar-refractivity contribution < 1.29 is 9.90 Å². The third-order valence-corrected chi connectivity index (χ3v) is 9.37. The van der Waals surface area contributed by atoms with E-state index in [4.69, 9.17) is 11.6 Å². The first-order chi connectivity index (χ1) is 10.4. The molecule has 3 atom stereocenters. The Morgan fingerprint density at radius 2 is 2.14 bits per heavy atom. The molecule has 0 aromatic heterocycles. The molecule has 0 amide bonds. The highest BCUT2D eigenvalue weighted by molar-refractivity contribution is 9.14. The summed E-state index contributed by atoms with van der Waals surface area (Å²) in [6, 6.07) is 6.43. The Morgan fingerprint density at radius 1 is 1.41 bits per heavy atom. The van der Waals surface area contributed by atoms with Gasteiger partial charge < -0.3 is 5.11 Å². The monoisotopic (exact) mass is 465 g/mol. The molecule has 7 heteroatoms. The number of carboxylic acids is 1. The number of hydrogen-bond acceptors (Lipinski definition) is 3. The van der Waals surface area contributed by atoms with Crippen molar-refractivity contribution in [1.82, 2.24) is 4.90 Å². The Hall–Kier alpha value is -0.0100. The first-order valence-corrected chi connectivity index (χ1v) is 9.65. The van der Waals surface area contributed by atoms with Crippen LogP contribution in [-0.4, -0.2) is 37.0 Å². The van der Waals surface area contributed by atoms with Gasteiger partial charge in [-0.15, -0.1) is 11.8 Å². The van der Waals surface area contributed by atoms with Crippen LogP contribution in [0.2, 0.25) is 5.02 Å². The van der Waals surface area contributed by atoms with Crippen LogP contribution < -0.4 is 0 Å². The number of likely N-dealkylation sites (tertiary alicyclic amines) is 1. The lowest BCUT2D eigenvalue weighted by Gasteiger charge is -2.47. The number of fused-ring (bicyclic) bond motifs is 1. The number of piperidine rings is 1. The van der Waals surface area contributed by atoms with Gasteiger partial charge in [-0.1, -0.05) is 67.7 Å². The molecule has 2 unspecified atom stereocenters. The Labute approximate surface area is 155 Å². The standard InChI is InChI=1S/C15H14Br2ClNO2S/c16-14-6-8-22-15(14,17)5-7-19(9-14)12(13(20)21)10-3-1-2-4-11(10)18/h1-4,6,8,12H,5,7,9H2,(H,20,21)/t12-,14?,15?/m0/s1. The number of aliphatic carboxylic acids is 1. The first kappa shape index (κ1) is 16.8. The van der Waals surface area contributed by atoms with Crippen LogP contribution >= 0.6 is 55.2 Å². The minimum atomic E-state index is -0.874. The second-order valence-electron chi connectivity index (χ2n) is 5.49. The summed E-state index contributed by atoms with van der Waals surface area (Å²) in [5, 5.41) is 12.3. The van der Waals surface area contributed by atoms with E-state index in [0.717, 1.165) is 6.42 Å². The maximum atomic E-state index is 11.9. The van der Waals surface area contributed by atoms with Crippen molar-refractivity contribution >= 4 is 61.2 Å². The van der Waals surface area contributed by atoms with Crippen LogP contribution in [0.1, 0.15) is 18.0 Å².